The summed E-state index contributed by atoms with van der Waals surface area (Å²) in [5.41, 5.74) is -1.12. The van der Waals surface area contributed by atoms with Gasteiger partial charge in [0.2, 0.25) is 0 Å². The first-order valence-corrected chi connectivity index (χ1v) is 9.34. The molecule has 0 bridgehead atoms. The molecule has 0 aliphatic carbocycles. The Balaban J connectivity index is 2.13. The topological polar surface area (TPSA) is 63.4 Å². The number of benzene rings is 1. The number of rotatable bonds is 5. The summed E-state index contributed by atoms with van der Waals surface area (Å²) in [6.07, 6.45) is -1.99. The Hall–Kier alpha value is -2.52. The Bertz CT molecular complexity index is 1020. The van der Waals surface area contributed by atoms with Gasteiger partial charge in [-0.3, -0.25) is 0 Å². The van der Waals surface area contributed by atoms with E-state index in [1.807, 2.05) is 0 Å². The van der Waals surface area contributed by atoms with Gasteiger partial charge in [-0.15, -0.1) is 0 Å². The lowest BCUT2D eigenvalue weighted by atomic mass is 10.2. The molecule has 3 aromatic rings. The van der Waals surface area contributed by atoms with Gasteiger partial charge in [-0.25, -0.2) is 17.7 Å². The zero-order chi connectivity index (χ0) is 19.7. The van der Waals surface area contributed by atoms with Crippen molar-refractivity contribution in [1.29, 1.82) is 0 Å². The Morgan fingerprint density at radius 3 is 2.48 bits per heavy atom. The van der Waals surface area contributed by atoms with Gasteiger partial charge in [-0.2, -0.15) is 13.2 Å². The third-order valence-corrected chi connectivity index (χ3v) is 5.84. The fourth-order valence-electron chi connectivity index (χ4n) is 2.33. The smallest absolute Gasteiger partial charge is 0.416 e. The summed E-state index contributed by atoms with van der Waals surface area (Å²) in [6, 6.07) is 9.80. The highest BCUT2D eigenvalue weighted by atomic mass is 35.5. The van der Waals surface area contributed by atoms with Crippen LogP contribution in [0.15, 0.2) is 70.3 Å². The van der Waals surface area contributed by atoms with Gasteiger partial charge in [-0.1, -0.05) is 17.7 Å². The Kier molecular flexibility index (Phi) is 5.16. The number of sulfonamides is 1. The zero-order valence-electron chi connectivity index (χ0n) is 13.5. The molecule has 0 atom stereocenters. The largest absolute Gasteiger partial charge is 0.467 e. The third kappa shape index (κ3) is 4.09. The molecule has 0 aliphatic rings. The summed E-state index contributed by atoms with van der Waals surface area (Å²) in [7, 11) is -4.46. The molecule has 3 rings (SSSR count). The van der Waals surface area contributed by atoms with E-state index in [0.717, 1.165) is 16.4 Å². The van der Waals surface area contributed by atoms with Crippen LogP contribution in [0.25, 0.3) is 0 Å². The molecule has 10 heteroatoms. The van der Waals surface area contributed by atoms with E-state index in [9.17, 15) is 21.6 Å². The third-order valence-electron chi connectivity index (χ3n) is 3.61. The lowest BCUT2D eigenvalue weighted by molar-refractivity contribution is -0.137. The maximum absolute atomic E-state index is 13.2. The van der Waals surface area contributed by atoms with E-state index < -0.39 is 26.7 Å². The predicted molar refractivity (Wildman–Crippen MR) is 92.8 cm³/mol. The van der Waals surface area contributed by atoms with Gasteiger partial charge >= 0.3 is 6.18 Å². The Morgan fingerprint density at radius 1 is 1.11 bits per heavy atom. The van der Waals surface area contributed by atoms with E-state index in [0.29, 0.717) is 6.07 Å². The number of halogens is 4. The van der Waals surface area contributed by atoms with Crippen molar-refractivity contribution >= 4 is 27.4 Å². The summed E-state index contributed by atoms with van der Waals surface area (Å²) in [5, 5.41) is -0.330. The molecule has 0 unspecified atom stereocenters. The molecule has 0 saturated heterocycles. The quantitative estimate of drug-likeness (QED) is 0.602. The minimum absolute atomic E-state index is 0.0161. The first-order chi connectivity index (χ1) is 12.7. The molecule has 2 heterocycles. The van der Waals surface area contributed by atoms with Crippen molar-refractivity contribution < 1.29 is 26.0 Å². The monoisotopic (exact) mass is 416 g/mol. The lowest BCUT2D eigenvalue weighted by Gasteiger charge is -2.23. The van der Waals surface area contributed by atoms with E-state index in [4.69, 9.17) is 16.0 Å². The molecule has 0 amide bonds. The molecule has 27 heavy (non-hydrogen) atoms. The summed E-state index contributed by atoms with van der Waals surface area (Å²) in [5.74, 6) is 0.301. The van der Waals surface area contributed by atoms with Gasteiger partial charge in [0.25, 0.3) is 10.0 Å². The molecule has 0 aliphatic heterocycles. The van der Waals surface area contributed by atoms with Crippen molar-refractivity contribution in [3.8, 4) is 0 Å². The van der Waals surface area contributed by atoms with E-state index in [1.54, 1.807) is 24.3 Å². The molecule has 0 spiro atoms. The number of hydrogen-bond acceptors (Lipinski definition) is 4. The summed E-state index contributed by atoms with van der Waals surface area (Å²) < 4.78 is 71.4. The second-order valence-electron chi connectivity index (χ2n) is 5.42. The van der Waals surface area contributed by atoms with Gasteiger partial charge in [0.1, 0.15) is 16.5 Å². The average molecular weight is 417 g/mol. The van der Waals surface area contributed by atoms with Gasteiger partial charge in [0.05, 0.1) is 23.4 Å². The van der Waals surface area contributed by atoms with Gasteiger partial charge in [-0.05, 0) is 42.5 Å². The van der Waals surface area contributed by atoms with Crippen LogP contribution < -0.4 is 4.31 Å². The number of nitrogens with zero attached hydrogens (tertiary/aromatic N) is 2. The van der Waals surface area contributed by atoms with Crippen molar-refractivity contribution in [2.45, 2.75) is 17.6 Å². The van der Waals surface area contributed by atoms with Crippen molar-refractivity contribution in [1.82, 2.24) is 4.98 Å². The van der Waals surface area contributed by atoms with Crippen LogP contribution in [-0.4, -0.2) is 13.4 Å². The molecule has 0 fully saturated rings. The zero-order valence-corrected chi connectivity index (χ0v) is 15.1. The van der Waals surface area contributed by atoms with Crippen molar-refractivity contribution in [3.63, 3.8) is 0 Å². The molecule has 0 N–H and O–H groups in total. The number of pyridine rings is 1. The van der Waals surface area contributed by atoms with E-state index in [1.165, 1.54) is 18.5 Å². The van der Waals surface area contributed by atoms with E-state index in [2.05, 4.69) is 4.98 Å². The summed E-state index contributed by atoms with van der Waals surface area (Å²) in [4.78, 5) is 3.32. The second-order valence-corrected chi connectivity index (χ2v) is 7.66. The van der Waals surface area contributed by atoms with E-state index >= 15 is 0 Å². The molecular weight excluding hydrogens is 405 g/mol. The van der Waals surface area contributed by atoms with Crippen LogP contribution >= 0.6 is 11.6 Å². The first-order valence-electron chi connectivity index (χ1n) is 7.52. The number of anilines is 1. The maximum Gasteiger partial charge on any atom is 0.416 e. The van der Waals surface area contributed by atoms with Crippen molar-refractivity contribution in [3.05, 3.63) is 77.3 Å². The fourth-order valence-corrected chi connectivity index (χ4v) is 4.22. The molecular formula is C17H12ClF3N2O3S. The number of aromatic nitrogens is 1. The van der Waals surface area contributed by atoms with Gasteiger partial charge in [0.15, 0.2) is 0 Å². The normalized spacial score (nSPS) is 12.1. The van der Waals surface area contributed by atoms with Crippen molar-refractivity contribution in [2.75, 3.05) is 4.31 Å². The predicted octanol–water partition coefficient (Wildman–Crippen LogP) is 4.74. The Morgan fingerprint density at radius 2 is 1.89 bits per heavy atom. The van der Waals surface area contributed by atoms with Crippen LogP contribution in [0.5, 0.6) is 0 Å². The standard InChI is InChI=1S/C17H12ClF3N2O3S/c18-14-7-6-12(17(19,20)21)10-15(14)27(24,25)23(11-13-4-3-9-26-13)16-5-1-2-8-22-16/h1-10H,11H2. The molecule has 5 nitrogen and oxygen atoms in total. The van der Waals surface area contributed by atoms with E-state index in [-0.39, 0.29) is 23.1 Å². The summed E-state index contributed by atoms with van der Waals surface area (Å²) in [6.45, 7) is -0.265. The fraction of sp³-hybridized carbons (Fsp3) is 0.118. The minimum Gasteiger partial charge on any atom is -0.467 e. The highest BCUT2D eigenvalue weighted by molar-refractivity contribution is 7.92. The van der Waals surface area contributed by atoms with Crippen LogP contribution in [0, 0.1) is 0 Å². The average Bonchev–Trinajstić information content (AvgIpc) is 3.13. The molecule has 142 valence electrons. The minimum atomic E-state index is -4.72. The van der Waals surface area contributed by atoms with Crippen LogP contribution in [0.1, 0.15) is 11.3 Å². The lowest BCUT2D eigenvalue weighted by Crippen LogP contribution is -2.31. The highest BCUT2D eigenvalue weighted by Gasteiger charge is 2.35. The van der Waals surface area contributed by atoms with Gasteiger partial charge in [0, 0.05) is 6.20 Å². The van der Waals surface area contributed by atoms with Crippen LogP contribution in [-0.2, 0) is 22.7 Å². The SMILES string of the molecule is O=S(=O)(c1cc(C(F)(F)F)ccc1Cl)N(Cc1ccco1)c1ccccn1. The van der Waals surface area contributed by atoms with Crippen LogP contribution in [0.2, 0.25) is 5.02 Å². The number of hydrogen-bond donors (Lipinski definition) is 0. The van der Waals surface area contributed by atoms with Crippen molar-refractivity contribution in [2.24, 2.45) is 0 Å². The number of alkyl halides is 3. The Labute approximate surface area is 158 Å². The van der Waals surface area contributed by atoms with Crippen LogP contribution in [0.4, 0.5) is 19.0 Å². The first kappa shape index (κ1) is 19.2. The highest BCUT2D eigenvalue weighted by Crippen LogP contribution is 2.35. The summed E-state index contributed by atoms with van der Waals surface area (Å²) >= 11 is 5.93. The van der Waals surface area contributed by atoms with Crippen LogP contribution in [0.3, 0.4) is 0 Å². The number of furan rings is 1. The maximum atomic E-state index is 13.2. The molecule has 2 aromatic heterocycles. The van der Waals surface area contributed by atoms with Gasteiger partial charge < -0.3 is 4.42 Å². The molecule has 1 aromatic carbocycles. The molecule has 0 saturated carbocycles. The molecule has 0 radical (unpaired) electrons. The second kappa shape index (κ2) is 7.24.